The van der Waals surface area contributed by atoms with Gasteiger partial charge in [0, 0.05) is 62.5 Å². The number of aliphatic hydroxyl groups excluding tert-OH is 1. The van der Waals surface area contributed by atoms with Crippen LogP contribution in [0.5, 0.6) is 0 Å². The number of carbonyl (C=O) groups is 1. The van der Waals surface area contributed by atoms with Crippen LogP contribution in [0.3, 0.4) is 0 Å². The van der Waals surface area contributed by atoms with Crippen LogP contribution >= 0.6 is 0 Å². The number of rotatable bonds is 18. The van der Waals surface area contributed by atoms with E-state index in [-0.39, 0.29) is 42.7 Å². The van der Waals surface area contributed by atoms with Crippen LogP contribution in [-0.4, -0.2) is 89.3 Å². The largest absolute Gasteiger partial charge is 0.459 e. The highest BCUT2D eigenvalue weighted by molar-refractivity contribution is 5.91. The molecule has 1 aliphatic heterocycles. The van der Waals surface area contributed by atoms with Crippen molar-refractivity contribution in [2.45, 2.75) is 32.5 Å². The summed E-state index contributed by atoms with van der Waals surface area (Å²) in [6.45, 7) is 5.66. The zero-order valence-electron chi connectivity index (χ0n) is 26.8. The summed E-state index contributed by atoms with van der Waals surface area (Å²) in [7, 11) is 1.82. The number of allylic oxidation sites excluding steroid dienone is 1. The van der Waals surface area contributed by atoms with Gasteiger partial charge in [-0.2, -0.15) is 0 Å². The summed E-state index contributed by atoms with van der Waals surface area (Å²) < 4.78 is 26.6. The van der Waals surface area contributed by atoms with Crippen molar-refractivity contribution in [2.75, 3.05) is 58.0 Å². The Labute approximate surface area is 272 Å². The van der Waals surface area contributed by atoms with E-state index in [4.69, 9.17) is 24.1 Å². The fourth-order valence-electron chi connectivity index (χ4n) is 5.40. The summed E-state index contributed by atoms with van der Waals surface area (Å²) in [4.78, 5) is 41.8. The van der Waals surface area contributed by atoms with Gasteiger partial charge in [0.15, 0.2) is 5.76 Å². The monoisotopic (exact) mass is 654 g/mol. The van der Waals surface area contributed by atoms with Crippen LogP contribution in [0, 0.1) is 23.0 Å². The van der Waals surface area contributed by atoms with Crippen molar-refractivity contribution in [2.24, 2.45) is 13.0 Å². The third-order valence-electron chi connectivity index (χ3n) is 7.75. The average Bonchev–Trinajstić information content (AvgIpc) is 3.30. The highest BCUT2D eigenvalue weighted by Gasteiger charge is 2.41. The van der Waals surface area contributed by atoms with Crippen LogP contribution in [0.25, 0.3) is 5.69 Å². The molecular weight excluding hydrogens is 612 g/mol. The molecule has 254 valence electrons. The topological polar surface area (TPSA) is 181 Å². The van der Waals surface area contributed by atoms with Crippen LogP contribution in [-0.2, 0) is 30.8 Å². The Hall–Kier alpha value is -4.57. The number of aliphatic hydroxyl groups is 1. The van der Waals surface area contributed by atoms with Gasteiger partial charge in [-0.15, -0.1) is 0 Å². The van der Waals surface area contributed by atoms with Crippen LogP contribution in [0.4, 0.5) is 11.5 Å². The molecule has 0 fully saturated rings. The van der Waals surface area contributed by atoms with E-state index in [1.807, 2.05) is 51.2 Å². The van der Waals surface area contributed by atoms with E-state index in [2.05, 4.69) is 15.6 Å². The van der Waals surface area contributed by atoms with Gasteiger partial charge in [-0.3, -0.25) is 24.4 Å². The lowest BCUT2D eigenvalue weighted by atomic mass is 9.81. The normalized spacial score (nSPS) is 17.5. The third kappa shape index (κ3) is 9.04. The standard InChI is InChI=1S/C32H42N6O9/c1-4-46-32-25(12-16-44-18-19-45-17-15-39)26(29-22(2)36(3)37(31(29)41)23-8-6-5-7-9-23)20-27(47-32)30(40)34-14-13-33-28-11-10-24(21-35-28)38(42)43/h5-11,20-21,25-26,32,39H,4,12-19H2,1-3H3,(H,33,35)(H,34,40)/t25-,26-,32+/m0/s1. The highest BCUT2D eigenvalue weighted by atomic mass is 16.7. The SMILES string of the molecule is CCO[C@@H]1OC(C(=O)NCCNc2ccc([N+](=O)[O-])cn2)=C[C@H](c2c(C)n(C)n(-c3ccccc3)c2=O)[C@@H]1CCOCCOCCO. The number of amides is 1. The second-order valence-corrected chi connectivity index (χ2v) is 10.7. The Bertz CT molecular complexity index is 1560. The quantitative estimate of drug-likeness (QED) is 0.104. The molecule has 0 radical (unpaired) electrons. The third-order valence-corrected chi connectivity index (χ3v) is 7.75. The van der Waals surface area contributed by atoms with Gasteiger partial charge in [0.05, 0.1) is 37.0 Å². The van der Waals surface area contributed by atoms with Gasteiger partial charge in [-0.25, -0.2) is 9.67 Å². The van der Waals surface area contributed by atoms with Crippen LogP contribution < -0.4 is 16.2 Å². The summed E-state index contributed by atoms with van der Waals surface area (Å²) in [5.74, 6) is -0.927. The van der Waals surface area contributed by atoms with E-state index >= 15 is 0 Å². The fraction of sp³-hybridized carbons (Fsp3) is 0.469. The molecule has 4 rings (SSSR count). The minimum Gasteiger partial charge on any atom is -0.459 e. The molecule has 1 amide bonds. The summed E-state index contributed by atoms with van der Waals surface area (Å²) >= 11 is 0. The lowest BCUT2D eigenvalue weighted by molar-refractivity contribution is -0.385. The fourth-order valence-corrected chi connectivity index (χ4v) is 5.40. The molecule has 0 saturated carbocycles. The molecule has 0 spiro atoms. The number of anilines is 1. The van der Waals surface area contributed by atoms with E-state index in [0.717, 1.165) is 11.9 Å². The minimum atomic E-state index is -0.836. The minimum absolute atomic E-state index is 0.0328. The Kier molecular flexibility index (Phi) is 13.0. The number of nitrogens with one attached hydrogen (secondary N) is 2. The molecule has 3 atom stereocenters. The van der Waals surface area contributed by atoms with Crippen molar-refractivity contribution in [1.29, 1.82) is 0 Å². The first-order chi connectivity index (χ1) is 22.8. The zero-order valence-corrected chi connectivity index (χ0v) is 26.8. The number of pyridine rings is 1. The molecule has 1 aliphatic rings. The van der Waals surface area contributed by atoms with E-state index in [9.17, 15) is 19.7 Å². The van der Waals surface area contributed by atoms with Gasteiger partial charge < -0.3 is 34.7 Å². The second kappa shape index (κ2) is 17.4. The summed E-state index contributed by atoms with van der Waals surface area (Å²) in [6, 6.07) is 12.2. The number of hydrogen-bond donors (Lipinski definition) is 3. The average molecular weight is 655 g/mol. The Morgan fingerprint density at radius 2 is 1.85 bits per heavy atom. The van der Waals surface area contributed by atoms with Gasteiger partial charge in [0.1, 0.15) is 12.0 Å². The number of hydrogen-bond acceptors (Lipinski definition) is 11. The number of benzene rings is 1. The first-order valence-electron chi connectivity index (χ1n) is 15.5. The van der Waals surface area contributed by atoms with E-state index in [1.165, 1.54) is 12.1 Å². The Morgan fingerprint density at radius 1 is 1.11 bits per heavy atom. The summed E-state index contributed by atoms with van der Waals surface area (Å²) in [5, 5.41) is 25.6. The summed E-state index contributed by atoms with van der Waals surface area (Å²) in [5.41, 5.74) is 1.64. The van der Waals surface area contributed by atoms with Gasteiger partial charge in [0.25, 0.3) is 17.2 Å². The number of para-hydroxylation sites is 1. The Morgan fingerprint density at radius 3 is 2.51 bits per heavy atom. The lowest BCUT2D eigenvalue weighted by Gasteiger charge is -2.36. The van der Waals surface area contributed by atoms with Crippen molar-refractivity contribution >= 4 is 17.4 Å². The van der Waals surface area contributed by atoms with Crippen molar-refractivity contribution in [3.8, 4) is 5.69 Å². The van der Waals surface area contributed by atoms with Crippen molar-refractivity contribution in [3.63, 3.8) is 0 Å². The van der Waals surface area contributed by atoms with Crippen LogP contribution in [0.1, 0.15) is 30.5 Å². The van der Waals surface area contributed by atoms with Gasteiger partial charge in [-0.05, 0) is 44.5 Å². The summed E-state index contributed by atoms with van der Waals surface area (Å²) in [6.07, 6.45) is 2.46. The van der Waals surface area contributed by atoms with Crippen LogP contribution in [0.15, 0.2) is 65.3 Å². The highest BCUT2D eigenvalue weighted by Crippen LogP contribution is 2.39. The number of nitro groups is 1. The van der Waals surface area contributed by atoms with Crippen molar-refractivity contribution in [3.05, 3.63) is 92.2 Å². The van der Waals surface area contributed by atoms with Gasteiger partial charge >= 0.3 is 0 Å². The Balaban J connectivity index is 1.56. The maximum atomic E-state index is 14.1. The smallest absolute Gasteiger partial charge is 0.287 e. The molecule has 3 N–H and O–H groups in total. The van der Waals surface area contributed by atoms with E-state index in [1.54, 1.807) is 15.4 Å². The van der Waals surface area contributed by atoms with Crippen molar-refractivity contribution in [1.82, 2.24) is 19.7 Å². The molecule has 2 aromatic heterocycles. The zero-order chi connectivity index (χ0) is 33.8. The second-order valence-electron chi connectivity index (χ2n) is 10.7. The maximum Gasteiger partial charge on any atom is 0.287 e. The van der Waals surface area contributed by atoms with Gasteiger partial charge in [-0.1, -0.05) is 18.2 Å². The van der Waals surface area contributed by atoms with Crippen LogP contribution in [0.2, 0.25) is 0 Å². The van der Waals surface area contributed by atoms with Gasteiger partial charge in [0.2, 0.25) is 6.29 Å². The predicted octanol–water partition coefficient (Wildman–Crippen LogP) is 2.41. The molecule has 15 nitrogen and oxygen atoms in total. The molecular formula is C32H42N6O9. The first kappa shape index (κ1) is 35.3. The molecule has 0 saturated heterocycles. The first-order valence-corrected chi connectivity index (χ1v) is 15.5. The molecule has 15 heteroatoms. The van der Waals surface area contributed by atoms with E-state index in [0.29, 0.717) is 56.5 Å². The molecule has 0 unspecified atom stereocenters. The number of aromatic nitrogens is 3. The molecule has 0 aliphatic carbocycles. The molecule has 47 heavy (non-hydrogen) atoms. The number of nitrogens with zero attached hydrogens (tertiary/aromatic N) is 4. The molecule has 1 aromatic carbocycles. The van der Waals surface area contributed by atoms with E-state index < -0.39 is 23.0 Å². The molecule has 3 heterocycles. The van der Waals surface area contributed by atoms with Crippen molar-refractivity contribution < 1.29 is 33.8 Å². The number of ether oxygens (including phenoxy) is 4. The molecule has 3 aromatic rings. The number of carbonyl (C=O) groups excluding carboxylic acids is 1. The molecule has 0 bridgehead atoms. The lowest BCUT2D eigenvalue weighted by Crippen LogP contribution is -2.41. The maximum absolute atomic E-state index is 14.1. The predicted molar refractivity (Wildman–Crippen MR) is 172 cm³/mol.